The van der Waals surface area contributed by atoms with Crippen LogP contribution in [0.15, 0.2) is 0 Å². The predicted molar refractivity (Wildman–Crippen MR) is 140 cm³/mol. The van der Waals surface area contributed by atoms with Crippen molar-refractivity contribution in [2.75, 3.05) is 72.5 Å². The zero-order valence-electron chi connectivity index (χ0n) is 22.7. The molecule has 0 aromatic rings. The minimum absolute atomic E-state index is 0.0137. The second-order valence-corrected chi connectivity index (χ2v) is 8.42. The summed E-state index contributed by atoms with van der Waals surface area (Å²) < 4.78 is 21.0. The number of rotatable bonds is 27. The van der Waals surface area contributed by atoms with Crippen LogP contribution in [-0.2, 0) is 42.9 Å². The average Bonchev–Trinajstić information content (AvgIpc) is 2.91. The van der Waals surface area contributed by atoms with Crippen molar-refractivity contribution in [3.8, 4) is 0 Å². The molecule has 0 aromatic carbocycles. The molecule has 0 aliphatic rings. The molecule has 232 valence electrons. The van der Waals surface area contributed by atoms with Crippen LogP contribution in [0.5, 0.6) is 0 Å². The van der Waals surface area contributed by atoms with Gasteiger partial charge in [0.25, 0.3) is 0 Å². The van der Waals surface area contributed by atoms with Gasteiger partial charge in [0.15, 0.2) is 0 Å². The maximum atomic E-state index is 11.7. The number of hydrazine groups is 1. The standard InChI is InChI=1S/C23H44N6O11/c24-17(22(33)34)4-5-19(30)27-7-9-37-11-14-40-16-21(32)28-8-10-38-12-13-39-15-20(31)26-6-2-1-3-18(29-25)23(35)36/h17-18,29H,1-16,24-25H2,(H,26,31)(H,27,30)(H,28,32)(H,33,34)(H,35,36)/t17-,18-/m0/s1. The van der Waals surface area contributed by atoms with Crippen molar-refractivity contribution >= 4 is 29.7 Å². The van der Waals surface area contributed by atoms with Gasteiger partial charge in [0, 0.05) is 26.1 Å². The normalized spacial score (nSPS) is 12.3. The molecule has 0 saturated carbocycles. The van der Waals surface area contributed by atoms with Gasteiger partial charge < -0.3 is 50.8 Å². The molecule has 0 aliphatic heterocycles. The third-order valence-electron chi connectivity index (χ3n) is 5.09. The molecule has 0 spiro atoms. The number of carbonyl (C=O) groups excluding carboxylic acids is 3. The third kappa shape index (κ3) is 23.0. The summed E-state index contributed by atoms with van der Waals surface area (Å²) in [4.78, 5) is 56.3. The second kappa shape index (κ2) is 25.1. The first kappa shape index (κ1) is 37.1. The molecule has 0 unspecified atom stereocenters. The van der Waals surface area contributed by atoms with E-state index in [1.165, 1.54) is 0 Å². The Morgan fingerprint density at radius 1 is 0.625 bits per heavy atom. The number of ether oxygens (including phenoxy) is 4. The number of hydrogen-bond donors (Lipinski definition) is 8. The van der Waals surface area contributed by atoms with Gasteiger partial charge >= 0.3 is 11.9 Å². The van der Waals surface area contributed by atoms with Gasteiger partial charge in [-0.3, -0.25) is 29.8 Å². The van der Waals surface area contributed by atoms with Gasteiger partial charge in [-0.2, -0.15) is 0 Å². The lowest BCUT2D eigenvalue weighted by molar-refractivity contribution is -0.140. The highest BCUT2D eigenvalue weighted by Crippen LogP contribution is 2.00. The lowest BCUT2D eigenvalue weighted by atomic mass is 10.1. The Morgan fingerprint density at radius 3 is 1.62 bits per heavy atom. The van der Waals surface area contributed by atoms with Crippen LogP contribution in [-0.4, -0.2) is 124 Å². The summed E-state index contributed by atoms with van der Waals surface area (Å²) in [6.07, 6.45) is 1.63. The van der Waals surface area contributed by atoms with E-state index in [0.29, 0.717) is 25.8 Å². The first-order valence-corrected chi connectivity index (χ1v) is 13.0. The number of amides is 3. The summed E-state index contributed by atoms with van der Waals surface area (Å²) in [5.41, 5.74) is 7.54. The smallest absolute Gasteiger partial charge is 0.322 e. The largest absolute Gasteiger partial charge is 0.480 e. The zero-order chi connectivity index (χ0) is 30.0. The van der Waals surface area contributed by atoms with E-state index in [2.05, 4.69) is 21.4 Å². The van der Waals surface area contributed by atoms with Crippen LogP contribution in [0.3, 0.4) is 0 Å². The van der Waals surface area contributed by atoms with Crippen LogP contribution in [0.4, 0.5) is 0 Å². The topological polar surface area (TPSA) is 263 Å². The Morgan fingerprint density at radius 2 is 1.12 bits per heavy atom. The van der Waals surface area contributed by atoms with Crippen LogP contribution in [0, 0.1) is 0 Å². The summed E-state index contributed by atoms with van der Waals surface area (Å²) >= 11 is 0. The molecular weight excluding hydrogens is 536 g/mol. The van der Waals surface area contributed by atoms with Gasteiger partial charge in [-0.25, -0.2) is 5.43 Å². The maximum Gasteiger partial charge on any atom is 0.322 e. The number of carboxylic acid groups (broad SMARTS) is 2. The first-order valence-electron chi connectivity index (χ1n) is 13.0. The molecule has 0 saturated heterocycles. The van der Waals surface area contributed by atoms with E-state index in [1.54, 1.807) is 0 Å². The summed E-state index contributed by atoms with van der Waals surface area (Å²) in [6, 6.07) is -1.87. The molecule has 10 N–H and O–H groups in total. The molecule has 0 rings (SSSR count). The van der Waals surface area contributed by atoms with Crippen molar-refractivity contribution in [3.63, 3.8) is 0 Å². The molecule has 0 fully saturated rings. The molecule has 0 bridgehead atoms. The van der Waals surface area contributed by atoms with Gasteiger partial charge in [0.05, 0.1) is 39.6 Å². The maximum absolute atomic E-state index is 11.7. The van der Waals surface area contributed by atoms with Crippen molar-refractivity contribution in [3.05, 3.63) is 0 Å². The van der Waals surface area contributed by atoms with Crippen molar-refractivity contribution < 1.29 is 53.1 Å². The van der Waals surface area contributed by atoms with E-state index in [-0.39, 0.29) is 96.5 Å². The quantitative estimate of drug-likeness (QED) is 0.0269. The van der Waals surface area contributed by atoms with E-state index < -0.39 is 24.0 Å². The fraction of sp³-hybridized carbons (Fsp3) is 0.783. The van der Waals surface area contributed by atoms with Crippen molar-refractivity contribution in [1.82, 2.24) is 21.4 Å². The number of carbonyl (C=O) groups is 5. The Hall–Kier alpha value is -2.93. The molecule has 40 heavy (non-hydrogen) atoms. The molecule has 0 aliphatic carbocycles. The minimum Gasteiger partial charge on any atom is -0.480 e. The van der Waals surface area contributed by atoms with Crippen LogP contribution in [0.2, 0.25) is 0 Å². The SMILES string of the molecule is NN[C@@H](CCCCNC(=O)COCCOCCNC(=O)COCCOCCNC(=O)CC[C@H](N)C(=O)O)C(=O)O. The molecule has 0 radical (unpaired) electrons. The Bertz CT molecular complexity index is 744. The molecule has 3 amide bonds. The van der Waals surface area contributed by atoms with Gasteiger partial charge in [0.2, 0.25) is 17.7 Å². The van der Waals surface area contributed by atoms with Crippen LogP contribution in [0.1, 0.15) is 32.1 Å². The van der Waals surface area contributed by atoms with E-state index in [1.807, 2.05) is 0 Å². The van der Waals surface area contributed by atoms with Crippen LogP contribution in [0.25, 0.3) is 0 Å². The number of nitrogens with two attached hydrogens (primary N) is 2. The highest BCUT2D eigenvalue weighted by Gasteiger charge is 2.14. The molecule has 0 aromatic heterocycles. The number of nitrogens with one attached hydrogen (secondary N) is 4. The van der Waals surface area contributed by atoms with Gasteiger partial charge in [-0.1, -0.05) is 0 Å². The molecule has 2 atom stereocenters. The lowest BCUT2D eigenvalue weighted by Gasteiger charge is -2.11. The molecule has 17 nitrogen and oxygen atoms in total. The van der Waals surface area contributed by atoms with Crippen molar-refractivity contribution in [1.29, 1.82) is 0 Å². The van der Waals surface area contributed by atoms with E-state index in [9.17, 15) is 24.0 Å². The van der Waals surface area contributed by atoms with Crippen molar-refractivity contribution in [2.24, 2.45) is 11.6 Å². The Labute approximate surface area is 232 Å². The second-order valence-electron chi connectivity index (χ2n) is 8.42. The summed E-state index contributed by atoms with van der Waals surface area (Å²) in [6.45, 7) is 2.03. The monoisotopic (exact) mass is 580 g/mol. The fourth-order valence-electron chi connectivity index (χ4n) is 2.87. The molecular formula is C23H44N6O11. The molecule has 0 heterocycles. The fourth-order valence-corrected chi connectivity index (χ4v) is 2.87. The highest BCUT2D eigenvalue weighted by molar-refractivity contribution is 5.78. The Kier molecular flexibility index (Phi) is 23.2. The first-order chi connectivity index (χ1) is 19.2. The van der Waals surface area contributed by atoms with E-state index >= 15 is 0 Å². The van der Waals surface area contributed by atoms with Gasteiger partial charge in [-0.15, -0.1) is 0 Å². The zero-order valence-corrected chi connectivity index (χ0v) is 22.7. The lowest BCUT2D eigenvalue weighted by Crippen LogP contribution is -2.41. The summed E-state index contributed by atoms with van der Waals surface area (Å²) in [5.74, 6) is 2.06. The summed E-state index contributed by atoms with van der Waals surface area (Å²) in [5, 5.41) is 25.4. The number of carboxylic acids is 2. The third-order valence-corrected chi connectivity index (χ3v) is 5.09. The summed E-state index contributed by atoms with van der Waals surface area (Å²) in [7, 11) is 0. The molecule has 17 heteroatoms. The van der Waals surface area contributed by atoms with Crippen LogP contribution < -0.4 is 33.0 Å². The predicted octanol–water partition coefficient (Wildman–Crippen LogP) is -3.32. The van der Waals surface area contributed by atoms with Crippen LogP contribution >= 0.6 is 0 Å². The van der Waals surface area contributed by atoms with Gasteiger partial charge in [0.1, 0.15) is 25.3 Å². The van der Waals surface area contributed by atoms with E-state index in [0.717, 1.165) is 0 Å². The number of unbranched alkanes of at least 4 members (excludes halogenated alkanes) is 1. The highest BCUT2D eigenvalue weighted by atomic mass is 16.5. The number of aliphatic carboxylic acids is 2. The van der Waals surface area contributed by atoms with Crippen molar-refractivity contribution in [2.45, 2.75) is 44.2 Å². The van der Waals surface area contributed by atoms with E-state index in [4.69, 9.17) is 40.7 Å². The average molecular weight is 581 g/mol. The Balaban J connectivity index is 3.44. The number of hydrogen-bond acceptors (Lipinski definition) is 12. The van der Waals surface area contributed by atoms with Gasteiger partial charge in [-0.05, 0) is 25.7 Å². The minimum atomic E-state index is -1.15.